The first-order chi connectivity index (χ1) is 11.1. The Hall–Kier alpha value is -1.41. The smallest absolute Gasteiger partial charge is 0.241 e. The second-order valence-electron chi connectivity index (χ2n) is 5.88. The van der Waals surface area contributed by atoms with E-state index in [2.05, 4.69) is 9.88 Å². The molecule has 2 unspecified atom stereocenters. The highest BCUT2D eigenvalue weighted by Gasteiger charge is 2.30. The Kier molecular flexibility index (Phi) is 6.40. The maximum absolute atomic E-state index is 12.9. The van der Waals surface area contributed by atoms with E-state index in [9.17, 15) is 8.42 Å². The van der Waals surface area contributed by atoms with Gasteiger partial charge in [-0.2, -0.15) is 0 Å². The number of sulfonamides is 1. The van der Waals surface area contributed by atoms with Gasteiger partial charge >= 0.3 is 0 Å². The van der Waals surface area contributed by atoms with Gasteiger partial charge in [0.15, 0.2) is 5.76 Å². The van der Waals surface area contributed by atoms with Gasteiger partial charge in [0.2, 0.25) is 10.0 Å². The summed E-state index contributed by atoms with van der Waals surface area (Å²) in [5.41, 5.74) is 6.31. The van der Waals surface area contributed by atoms with Crippen molar-refractivity contribution in [2.24, 2.45) is 11.7 Å². The molecule has 3 rings (SSSR count). The molecule has 0 bridgehead atoms. The van der Waals surface area contributed by atoms with E-state index < -0.39 is 10.0 Å². The molecule has 1 aromatic heterocycles. The number of rotatable bonds is 5. The third kappa shape index (κ3) is 3.97. The predicted molar refractivity (Wildman–Crippen MR) is 94.3 cm³/mol. The van der Waals surface area contributed by atoms with Crippen LogP contribution >= 0.6 is 12.4 Å². The van der Waals surface area contributed by atoms with Crippen LogP contribution in [-0.4, -0.2) is 26.2 Å². The van der Waals surface area contributed by atoms with Crippen LogP contribution in [0.1, 0.15) is 25.7 Å². The minimum atomic E-state index is -3.65. The molecule has 1 aliphatic carbocycles. The molecular formula is C16H22ClN3O3S. The van der Waals surface area contributed by atoms with Crippen LogP contribution in [0.5, 0.6) is 0 Å². The Morgan fingerprint density at radius 1 is 1.21 bits per heavy atom. The summed E-state index contributed by atoms with van der Waals surface area (Å²) in [6, 6.07) is 8.33. The number of aromatic nitrogens is 1. The number of nitrogens with two attached hydrogens (primary N) is 1. The van der Waals surface area contributed by atoms with Crippen LogP contribution in [-0.2, 0) is 10.0 Å². The zero-order valence-corrected chi connectivity index (χ0v) is 14.9. The zero-order valence-electron chi connectivity index (χ0n) is 13.2. The van der Waals surface area contributed by atoms with Gasteiger partial charge < -0.3 is 10.3 Å². The minimum absolute atomic E-state index is 0. The van der Waals surface area contributed by atoms with Gasteiger partial charge in [-0.15, -0.1) is 12.4 Å². The molecule has 8 heteroatoms. The van der Waals surface area contributed by atoms with Crippen LogP contribution in [0, 0.1) is 5.92 Å². The van der Waals surface area contributed by atoms with Crippen molar-refractivity contribution in [1.29, 1.82) is 0 Å². The SMILES string of the molecule is Cl.NCC1CCCCC1NS(=O)(=O)c1ccccc1-c1ccno1. The molecule has 0 spiro atoms. The highest BCUT2D eigenvalue weighted by atomic mass is 35.5. The molecule has 0 saturated heterocycles. The average molecular weight is 372 g/mol. The molecule has 1 saturated carbocycles. The fourth-order valence-corrected chi connectivity index (χ4v) is 4.72. The molecule has 6 nitrogen and oxygen atoms in total. The fraction of sp³-hybridized carbons (Fsp3) is 0.438. The summed E-state index contributed by atoms with van der Waals surface area (Å²) in [7, 11) is -3.65. The summed E-state index contributed by atoms with van der Waals surface area (Å²) in [4.78, 5) is 0.207. The van der Waals surface area contributed by atoms with E-state index in [0.717, 1.165) is 25.7 Å². The van der Waals surface area contributed by atoms with Crippen LogP contribution in [0.2, 0.25) is 0 Å². The van der Waals surface area contributed by atoms with Gasteiger partial charge in [0.05, 0.1) is 11.1 Å². The van der Waals surface area contributed by atoms with E-state index in [0.29, 0.717) is 17.9 Å². The van der Waals surface area contributed by atoms with E-state index in [1.807, 2.05) is 0 Å². The lowest BCUT2D eigenvalue weighted by Crippen LogP contribution is -2.44. The largest absolute Gasteiger partial charge is 0.356 e. The van der Waals surface area contributed by atoms with Gasteiger partial charge in [-0.3, -0.25) is 0 Å². The number of halogens is 1. The first-order valence-electron chi connectivity index (χ1n) is 7.84. The molecule has 2 atom stereocenters. The summed E-state index contributed by atoms with van der Waals surface area (Å²) >= 11 is 0. The standard InChI is InChI=1S/C16H21N3O3S.ClH/c17-11-12-5-1-3-7-14(12)19-23(20,21)16-8-4-2-6-13(16)15-9-10-18-22-15;/h2,4,6,8-10,12,14,19H,1,3,5,7,11,17H2;1H. The summed E-state index contributed by atoms with van der Waals surface area (Å²) < 4.78 is 33.7. The topological polar surface area (TPSA) is 98.2 Å². The molecule has 3 N–H and O–H groups in total. The maximum atomic E-state index is 12.9. The molecular weight excluding hydrogens is 350 g/mol. The summed E-state index contributed by atoms with van der Waals surface area (Å²) in [5.74, 6) is 0.626. The Labute approximate surface area is 148 Å². The summed E-state index contributed by atoms with van der Waals surface area (Å²) in [6.07, 6.45) is 5.42. The van der Waals surface area contributed by atoms with Crippen LogP contribution in [0.15, 0.2) is 45.9 Å². The molecule has 1 heterocycles. The molecule has 1 aromatic carbocycles. The van der Waals surface area contributed by atoms with Crippen molar-refractivity contribution in [2.75, 3.05) is 6.54 Å². The first-order valence-corrected chi connectivity index (χ1v) is 9.32. The number of nitrogens with zero attached hydrogens (tertiary/aromatic N) is 1. The van der Waals surface area contributed by atoms with E-state index in [1.54, 1.807) is 30.3 Å². The number of benzene rings is 1. The van der Waals surface area contributed by atoms with E-state index in [1.165, 1.54) is 6.20 Å². The van der Waals surface area contributed by atoms with Crippen molar-refractivity contribution < 1.29 is 12.9 Å². The molecule has 0 amide bonds. The third-order valence-corrected chi connectivity index (χ3v) is 5.95. The Morgan fingerprint density at radius 2 is 1.96 bits per heavy atom. The molecule has 24 heavy (non-hydrogen) atoms. The highest BCUT2D eigenvalue weighted by molar-refractivity contribution is 7.89. The number of hydrogen-bond donors (Lipinski definition) is 2. The first kappa shape index (κ1) is 18.9. The molecule has 0 aliphatic heterocycles. The van der Waals surface area contributed by atoms with Crippen molar-refractivity contribution in [2.45, 2.75) is 36.6 Å². The highest BCUT2D eigenvalue weighted by Crippen LogP contribution is 2.29. The lowest BCUT2D eigenvalue weighted by molar-refractivity contribution is 0.296. The molecule has 1 fully saturated rings. The quantitative estimate of drug-likeness (QED) is 0.841. The average Bonchev–Trinajstić information content (AvgIpc) is 3.09. The van der Waals surface area contributed by atoms with Gasteiger partial charge in [-0.05, 0) is 37.4 Å². The molecule has 1 aliphatic rings. The van der Waals surface area contributed by atoms with Gasteiger partial charge in [-0.25, -0.2) is 13.1 Å². The molecule has 132 valence electrons. The fourth-order valence-electron chi connectivity index (χ4n) is 3.17. The second kappa shape index (κ2) is 8.11. The zero-order chi connectivity index (χ0) is 16.3. The molecule has 2 aromatic rings. The van der Waals surface area contributed by atoms with Gasteiger partial charge in [0, 0.05) is 17.7 Å². The van der Waals surface area contributed by atoms with Gasteiger partial charge in [0.25, 0.3) is 0 Å². The van der Waals surface area contributed by atoms with E-state index >= 15 is 0 Å². The number of hydrogen-bond acceptors (Lipinski definition) is 5. The second-order valence-corrected chi connectivity index (χ2v) is 7.56. The lowest BCUT2D eigenvalue weighted by Gasteiger charge is -2.31. The Morgan fingerprint density at radius 3 is 2.67 bits per heavy atom. The van der Waals surface area contributed by atoms with Crippen LogP contribution < -0.4 is 10.5 Å². The van der Waals surface area contributed by atoms with Crippen molar-refractivity contribution in [3.05, 3.63) is 36.5 Å². The van der Waals surface area contributed by atoms with Crippen molar-refractivity contribution >= 4 is 22.4 Å². The van der Waals surface area contributed by atoms with Gasteiger partial charge in [0.1, 0.15) is 0 Å². The van der Waals surface area contributed by atoms with Crippen molar-refractivity contribution in [3.63, 3.8) is 0 Å². The minimum Gasteiger partial charge on any atom is -0.356 e. The maximum Gasteiger partial charge on any atom is 0.241 e. The van der Waals surface area contributed by atoms with Crippen molar-refractivity contribution in [1.82, 2.24) is 9.88 Å². The van der Waals surface area contributed by atoms with E-state index in [-0.39, 0.29) is 29.3 Å². The Bertz CT molecular complexity index is 750. The monoisotopic (exact) mass is 371 g/mol. The van der Waals surface area contributed by atoms with Crippen molar-refractivity contribution in [3.8, 4) is 11.3 Å². The third-order valence-electron chi connectivity index (χ3n) is 4.40. The Balaban J connectivity index is 0.00000208. The summed E-state index contributed by atoms with van der Waals surface area (Å²) in [6.45, 7) is 0.497. The normalized spacial score (nSPS) is 21.2. The summed E-state index contributed by atoms with van der Waals surface area (Å²) in [5, 5.41) is 3.66. The van der Waals surface area contributed by atoms with Crippen LogP contribution in [0.3, 0.4) is 0 Å². The van der Waals surface area contributed by atoms with Gasteiger partial charge in [-0.1, -0.05) is 30.1 Å². The van der Waals surface area contributed by atoms with E-state index in [4.69, 9.17) is 10.3 Å². The predicted octanol–water partition coefficient (Wildman–Crippen LogP) is 2.56. The van der Waals surface area contributed by atoms with Crippen LogP contribution in [0.25, 0.3) is 11.3 Å². The van der Waals surface area contributed by atoms with Crippen LogP contribution in [0.4, 0.5) is 0 Å². The number of nitrogens with one attached hydrogen (secondary N) is 1. The molecule has 0 radical (unpaired) electrons. The lowest BCUT2D eigenvalue weighted by atomic mass is 9.85.